The molecule has 2 rings (SSSR count). The van der Waals surface area contributed by atoms with Gasteiger partial charge in [0.15, 0.2) is 0 Å². The molecule has 92 valence electrons. The molecule has 0 aliphatic carbocycles. The third kappa shape index (κ3) is 1.95. The van der Waals surface area contributed by atoms with Crippen LogP contribution in [-0.4, -0.2) is 32.2 Å². The summed E-state index contributed by atoms with van der Waals surface area (Å²) in [6, 6.07) is 5.58. The molecular weight excluding hydrogens is 216 g/mol. The molecule has 0 radical (unpaired) electrons. The van der Waals surface area contributed by atoms with Crippen LogP contribution in [0.3, 0.4) is 0 Å². The lowest BCUT2D eigenvalue weighted by molar-refractivity contribution is 0.0601. The van der Waals surface area contributed by atoms with Crippen molar-refractivity contribution < 1.29 is 9.53 Å². The zero-order valence-electron chi connectivity index (χ0n) is 10.7. The number of ether oxygens (including phenoxy) is 1. The molecule has 0 amide bonds. The predicted octanol–water partition coefficient (Wildman–Crippen LogP) is 2.11. The molecular formula is C13H18N2O2. The smallest absolute Gasteiger partial charge is 0.337 e. The average Bonchev–Trinajstić information content (AvgIpc) is 2.33. The summed E-state index contributed by atoms with van der Waals surface area (Å²) in [6.45, 7) is 5.20. The minimum absolute atomic E-state index is 0.0295. The van der Waals surface area contributed by atoms with Gasteiger partial charge in [0, 0.05) is 13.6 Å². The molecule has 1 N–H and O–H groups in total. The van der Waals surface area contributed by atoms with Crippen molar-refractivity contribution in [3.05, 3.63) is 23.8 Å². The normalized spacial score (nSPS) is 17.1. The van der Waals surface area contributed by atoms with E-state index in [1.165, 1.54) is 7.11 Å². The molecule has 0 atom stereocenters. The second-order valence-corrected chi connectivity index (χ2v) is 4.95. The fraction of sp³-hybridized carbons (Fsp3) is 0.462. The Bertz CT molecular complexity index is 455. The average molecular weight is 234 g/mol. The summed E-state index contributed by atoms with van der Waals surface area (Å²) in [4.78, 5) is 13.7. The van der Waals surface area contributed by atoms with Gasteiger partial charge in [-0.3, -0.25) is 0 Å². The van der Waals surface area contributed by atoms with Gasteiger partial charge in [0.1, 0.15) is 0 Å². The van der Waals surface area contributed by atoms with E-state index < -0.39 is 0 Å². The molecule has 0 aromatic heterocycles. The van der Waals surface area contributed by atoms with Gasteiger partial charge in [-0.25, -0.2) is 4.79 Å². The van der Waals surface area contributed by atoms with Gasteiger partial charge in [0.25, 0.3) is 0 Å². The molecule has 4 heteroatoms. The zero-order chi connectivity index (χ0) is 12.6. The molecule has 1 heterocycles. The molecule has 17 heavy (non-hydrogen) atoms. The van der Waals surface area contributed by atoms with E-state index in [2.05, 4.69) is 24.1 Å². The van der Waals surface area contributed by atoms with Gasteiger partial charge in [-0.05, 0) is 32.0 Å². The number of benzene rings is 1. The van der Waals surface area contributed by atoms with Crippen LogP contribution in [0.2, 0.25) is 0 Å². The van der Waals surface area contributed by atoms with Crippen molar-refractivity contribution >= 4 is 17.3 Å². The first kappa shape index (κ1) is 11.8. The van der Waals surface area contributed by atoms with Crippen molar-refractivity contribution in [1.82, 2.24) is 0 Å². The van der Waals surface area contributed by atoms with Gasteiger partial charge in [0.05, 0.1) is 29.6 Å². The molecule has 0 fully saturated rings. The number of rotatable bonds is 1. The van der Waals surface area contributed by atoms with Gasteiger partial charge in [-0.1, -0.05) is 0 Å². The van der Waals surface area contributed by atoms with Gasteiger partial charge in [-0.15, -0.1) is 0 Å². The summed E-state index contributed by atoms with van der Waals surface area (Å²) < 4.78 is 4.74. The highest BCUT2D eigenvalue weighted by molar-refractivity contribution is 5.92. The van der Waals surface area contributed by atoms with Gasteiger partial charge in [0.2, 0.25) is 0 Å². The number of methoxy groups -OCH3 is 1. The summed E-state index contributed by atoms with van der Waals surface area (Å²) in [7, 11) is 3.44. The van der Waals surface area contributed by atoms with Crippen LogP contribution in [0.1, 0.15) is 24.2 Å². The van der Waals surface area contributed by atoms with Crippen molar-refractivity contribution in [2.75, 3.05) is 30.9 Å². The van der Waals surface area contributed by atoms with Crippen molar-refractivity contribution in [3.63, 3.8) is 0 Å². The quantitative estimate of drug-likeness (QED) is 0.756. The van der Waals surface area contributed by atoms with E-state index in [9.17, 15) is 4.79 Å². The number of nitrogens with one attached hydrogen (secondary N) is 1. The molecule has 0 unspecified atom stereocenters. The Kier molecular flexibility index (Phi) is 2.73. The van der Waals surface area contributed by atoms with Crippen molar-refractivity contribution in [3.8, 4) is 0 Å². The van der Waals surface area contributed by atoms with Crippen LogP contribution in [0, 0.1) is 0 Å². The first-order chi connectivity index (χ1) is 7.95. The maximum atomic E-state index is 11.5. The van der Waals surface area contributed by atoms with E-state index in [-0.39, 0.29) is 11.5 Å². The number of anilines is 2. The fourth-order valence-corrected chi connectivity index (χ4v) is 1.96. The topological polar surface area (TPSA) is 41.6 Å². The molecule has 4 nitrogen and oxygen atoms in total. The maximum absolute atomic E-state index is 11.5. The van der Waals surface area contributed by atoms with E-state index in [1.54, 1.807) is 6.07 Å². The van der Waals surface area contributed by atoms with Crippen LogP contribution < -0.4 is 10.2 Å². The highest BCUT2D eigenvalue weighted by Crippen LogP contribution is 2.35. The van der Waals surface area contributed by atoms with Crippen LogP contribution in [-0.2, 0) is 4.74 Å². The fourth-order valence-electron chi connectivity index (χ4n) is 1.96. The predicted molar refractivity (Wildman–Crippen MR) is 68.8 cm³/mol. The summed E-state index contributed by atoms with van der Waals surface area (Å²) in [6.07, 6.45) is 0. The van der Waals surface area contributed by atoms with E-state index in [1.807, 2.05) is 19.2 Å². The van der Waals surface area contributed by atoms with Gasteiger partial charge >= 0.3 is 5.97 Å². The number of carbonyl (C=O) groups is 1. The first-order valence-corrected chi connectivity index (χ1v) is 5.66. The van der Waals surface area contributed by atoms with Crippen molar-refractivity contribution in [2.45, 2.75) is 19.4 Å². The van der Waals surface area contributed by atoms with E-state index in [0.29, 0.717) is 5.56 Å². The number of hydrogen-bond donors (Lipinski definition) is 1. The Morgan fingerprint density at radius 3 is 2.82 bits per heavy atom. The standard InChI is InChI=1S/C13H18N2O2/c1-13(2)8-14-10-6-5-9(12(16)17-4)7-11(10)15(13)3/h5-7,14H,8H2,1-4H3. The van der Waals surface area contributed by atoms with E-state index in [4.69, 9.17) is 4.74 Å². The summed E-state index contributed by atoms with van der Waals surface area (Å²) in [5.74, 6) is -0.301. The Balaban J connectivity index is 2.44. The molecule has 0 spiro atoms. The van der Waals surface area contributed by atoms with Crippen molar-refractivity contribution in [2.24, 2.45) is 0 Å². The van der Waals surface area contributed by atoms with Crippen molar-refractivity contribution in [1.29, 1.82) is 0 Å². The largest absolute Gasteiger partial charge is 0.465 e. The number of hydrogen-bond acceptors (Lipinski definition) is 4. The molecule has 1 aliphatic rings. The van der Waals surface area contributed by atoms with E-state index >= 15 is 0 Å². The number of fused-ring (bicyclic) bond motifs is 1. The third-order valence-electron chi connectivity index (χ3n) is 3.40. The first-order valence-electron chi connectivity index (χ1n) is 5.66. The highest BCUT2D eigenvalue weighted by atomic mass is 16.5. The second-order valence-electron chi connectivity index (χ2n) is 4.95. The molecule has 1 aromatic carbocycles. The van der Waals surface area contributed by atoms with Gasteiger partial charge in [-0.2, -0.15) is 0 Å². The SMILES string of the molecule is COC(=O)c1ccc2c(c1)N(C)C(C)(C)CN2. The van der Waals surface area contributed by atoms with Gasteiger partial charge < -0.3 is 15.0 Å². The molecule has 1 aromatic rings. The van der Waals surface area contributed by atoms with Crippen LogP contribution >= 0.6 is 0 Å². The maximum Gasteiger partial charge on any atom is 0.337 e. The van der Waals surface area contributed by atoms with Crippen LogP contribution in [0.25, 0.3) is 0 Å². The lowest BCUT2D eigenvalue weighted by atomic mass is 9.98. The van der Waals surface area contributed by atoms with Crippen LogP contribution in [0.15, 0.2) is 18.2 Å². The number of nitrogens with zero attached hydrogens (tertiary/aromatic N) is 1. The number of esters is 1. The second kappa shape index (κ2) is 3.95. The summed E-state index contributed by atoms with van der Waals surface area (Å²) in [5.41, 5.74) is 2.70. The molecule has 0 bridgehead atoms. The Labute approximate surface area is 102 Å². The molecule has 0 saturated heterocycles. The minimum Gasteiger partial charge on any atom is -0.465 e. The minimum atomic E-state index is -0.301. The zero-order valence-corrected chi connectivity index (χ0v) is 10.7. The Hall–Kier alpha value is -1.71. The Morgan fingerprint density at radius 1 is 1.47 bits per heavy atom. The third-order valence-corrected chi connectivity index (χ3v) is 3.40. The Morgan fingerprint density at radius 2 is 2.18 bits per heavy atom. The van der Waals surface area contributed by atoms with E-state index in [0.717, 1.165) is 17.9 Å². The molecule has 0 saturated carbocycles. The lowest BCUT2D eigenvalue weighted by Crippen LogP contribution is -2.50. The number of likely N-dealkylation sites (N-methyl/N-ethyl adjacent to an activating group) is 1. The summed E-state index contributed by atoms with van der Waals surface area (Å²) >= 11 is 0. The number of carbonyl (C=O) groups excluding carboxylic acids is 1. The molecule has 1 aliphatic heterocycles. The monoisotopic (exact) mass is 234 g/mol. The summed E-state index contributed by atoms with van der Waals surface area (Å²) in [5, 5.41) is 3.37. The van der Waals surface area contributed by atoms with Crippen LogP contribution in [0.4, 0.5) is 11.4 Å². The van der Waals surface area contributed by atoms with Crippen LogP contribution in [0.5, 0.6) is 0 Å². The highest BCUT2D eigenvalue weighted by Gasteiger charge is 2.30. The lowest BCUT2D eigenvalue weighted by Gasteiger charge is -2.43.